The third-order valence-electron chi connectivity index (χ3n) is 6.73. The van der Waals surface area contributed by atoms with Crippen molar-refractivity contribution >= 4 is 22.6 Å². The highest BCUT2D eigenvalue weighted by atomic mass is 16.1. The zero-order valence-electron chi connectivity index (χ0n) is 19.1. The molecule has 2 aromatic heterocycles. The minimum absolute atomic E-state index is 0.0484. The Hall–Kier alpha value is -2.67. The van der Waals surface area contributed by atoms with Crippen molar-refractivity contribution in [1.82, 2.24) is 25.1 Å². The second-order valence-corrected chi connectivity index (χ2v) is 9.10. The number of aromatic nitrogens is 4. The molecule has 0 aliphatic carbocycles. The summed E-state index contributed by atoms with van der Waals surface area (Å²) in [4.78, 5) is 25.5. The summed E-state index contributed by atoms with van der Waals surface area (Å²) < 4.78 is 0. The monoisotopic (exact) mass is 422 g/mol. The van der Waals surface area contributed by atoms with Crippen molar-refractivity contribution in [2.45, 2.75) is 58.5 Å². The number of nitrogens with one attached hydrogen (secondary N) is 2. The number of benzene rings is 1. The number of carbonyl (C=O) groups excluding carboxylic acids is 1. The maximum atomic E-state index is 13.0. The summed E-state index contributed by atoms with van der Waals surface area (Å²) in [6, 6.07) is 9.19. The molecule has 2 N–H and O–H groups in total. The maximum Gasteiger partial charge on any atom is 0.245 e. The van der Waals surface area contributed by atoms with E-state index in [2.05, 4.69) is 82.2 Å². The largest absolute Gasteiger partial charge is 0.361 e. The van der Waals surface area contributed by atoms with Gasteiger partial charge in [0, 0.05) is 48.7 Å². The van der Waals surface area contributed by atoms with Gasteiger partial charge in [0.05, 0.1) is 0 Å². The molecule has 3 aromatic rings. The molecule has 166 valence electrons. The number of ketones is 1. The van der Waals surface area contributed by atoms with E-state index in [1.54, 1.807) is 0 Å². The zero-order chi connectivity index (χ0) is 22.0. The lowest BCUT2D eigenvalue weighted by Crippen LogP contribution is -2.55. The van der Waals surface area contributed by atoms with Gasteiger partial charge in [0.15, 0.2) is 11.6 Å². The quantitative estimate of drug-likeness (QED) is 0.535. The molecule has 1 unspecified atom stereocenters. The topological polar surface area (TPSA) is 80.9 Å². The van der Waals surface area contributed by atoms with Crippen LogP contribution in [0.3, 0.4) is 0 Å². The second kappa shape index (κ2) is 9.22. The highest BCUT2D eigenvalue weighted by molar-refractivity contribution is 5.93. The maximum absolute atomic E-state index is 13.0. The van der Waals surface area contributed by atoms with Crippen LogP contribution in [-0.2, 0) is 6.42 Å². The van der Waals surface area contributed by atoms with Gasteiger partial charge in [0.2, 0.25) is 5.95 Å². The highest BCUT2D eigenvalue weighted by Crippen LogP contribution is 2.25. The fraction of sp³-hybridized carbons (Fsp3) is 0.542. The molecule has 7 nitrogen and oxygen atoms in total. The fourth-order valence-electron chi connectivity index (χ4n) is 4.74. The van der Waals surface area contributed by atoms with Crippen LogP contribution in [0.15, 0.2) is 30.5 Å². The lowest BCUT2D eigenvalue weighted by molar-refractivity contribution is 0.0948. The molecule has 3 atom stereocenters. The van der Waals surface area contributed by atoms with E-state index in [1.165, 1.54) is 10.9 Å². The molecule has 0 saturated carbocycles. The van der Waals surface area contributed by atoms with E-state index in [9.17, 15) is 4.79 Å². The summed E-state index contributed by atoms with van der Waals surface area (Å²) in [5, 5.41) is 8.52. The first-order valence-corrected chi connectivity index (χ1v) is 11.4. The van der Waals surface area contributed by atoms with Crippen LogP contribution in [0.2, 0.25) is 0 Å². The van der Waals surface area contributed by atoms with Gasteiger partial charge in [0.1, 0.15) is 0 Å². The van der Waals surface area contributed by atoms with Crippen LogP contribution in [0.1, 0.15) is 56.2 Å². The summed E-state index contributed by atoms with van der Waals surface area (Å²) in [5.74, 6) is 1.36. The van der Waals surface area contributed by atoms with Crippen LogP contribution in [0.5, 0.6) is 0 Å². The van der Waals surface area contributed by atoms with E-state index in [-0.39, 0.29) is 11.7 Å². The van der Waals surface area contributed by atoms with Gasteiger partial charge >= 0.3 is 0 Å². The first-order valence-electron chi connectivity index (χ1n) is 11.4. The SMILES string of the molecule is CCCC(CC(=O)c1nc(N2C[C@@H](C)N(C)[C@H](C)C2)n[nH]1)Cc1c[nH]c2ccccc12. The third kappa shape index (κ3) is 4.66. The van der Waals surface area contributed by atoms with Crippen LogP contribution in [0.25, 0.3) is 10.9 Å². The number of piperazine rings is 1. The van der Waals surface area contributed by atoms with E-state index in [1.807, 2.05) is 6.07 Å². The number of hydrogen-bond acceptors (Lipinski definition) is 5. The first-order chi connectivity index (χ1) is 15.0. The Morgan fingerprint density at radius 2 is 1.97 bits per heavy atom. The lowest BCUT2D eigenvalue weighted by atomic mass is 9.90. The predicted molar refractivity (Wildman–Crippen MR) is 125 cm³/mol. The van der Waals surface area contributed by atoms with E-state index < -0.39 is 0 Å². The van der Waals surface area contributed by atoms with E-state index in [4.69, 9.17) is 0 Å². The number of aromatic amines is 2. The normalized spacial score (nSPS) is 21.0. The number of rotatable bonds is 8. The molecule has 1 fully saturated rings. The molecule has 0 spiro atoms. The Kier molecular flexibility index (Phi) is 6.41. The third-order valence-corrected chi connectivity index (χ3v) is 6.73. The Morgan fingerprint density at radius 3 is 2.71 bits per heavy atom. The number of para-hydroxylation sites is 1. The molecule has 1 aromatic carbocycles. The van der Waals surface area contributed by atoms with Gasteiger partial charge in [-0.05, 0) is 51.3 Å². The minimum atomic E-state index is 0.0484. The summed E-state index contributed by atoms with van der Waals surface area (Å²) >= 11 is 0. The minimum Gasteiger partial charge on any atom is -0.361 e. The molecule has 0 amide bonds. The van der Waals surface area contributed by atoms with Crippen LogP contribution >= 0.6 is 0 Å². The molecule has 4 rings (SSSR count). The van der Waals surface area contributed by atoms with Crippen molar-refractivity contribution in [3.05, 3.63) is 41.9 Å². The molecule has 31 heavy (non-hydrogen) atoms. The number of H-pyrrole nitrogens is 2. The van der Waals surface area contributed by atoms with Gasteiger partial charge < -0.3 is 9.88 Å². The Balaban J connectivity index is 1.43. The molecule has 7 heteroatoms. The number of likely N-dealkylation sites (N-methyl/N-ethyl adjacent to an activating group) is 1. The predicted octanol–water partition coefficient (Wildman–Crippen LogP) is 4.05. The smallest absolute Gasteiger partial charge is 0.245 e. The lowest BCUT2D eigenvalue weighted by Gasteiger charge is -2.41. The van der Waals surface area contributed by atoms with Crippen molar-refractivity contribution in [1.29, 1.82) is 0 Å². The molecule has 1 saturated heterocycles. The number of anilines is 1. The van der Waals surface area contributed by atoms with Gasteiger partial charge in [-0.15, -0.1) is 5.10 Å². The average molecular weight is 423 g/mol. The molecular formula is C24H34N6O. The highest BCUT2D eigenvalue weighted by Gasteiger charge is 2.29. The van der Waals surface area contributed by atoms with Crippen LogP contribution in [0.4, 0.5) is 5.95 Å². The standard InChI is InChI=1S/C24H34N6O/c1-5-8-18(11-19-13-25-21-10-7-6-9-20(19)21)12-22(31)23-26-24(28-27-23)30-14-16(2)29(4)17(3)15-30/h6-7,9-10,13,16-18,25H,5,8,11-12,14-15H2,1-4H3,(H,26,27,28)/t16-,17-,18?/m1/s1. The van der Waals surface area contributed by atoms with Crippen molar-refractivity contribution < 1.29 is 4.79 Å². The molecular weight excluding hydrogens is 388 g/mol. The Bertz CT molecular complexity index is 1010. The number of nitrogens with zero attached hydrogens (tertiary/aromatic N) is 4. The van der Waals surface area contributed by atoms with Gasteiger partial charge in [-0.1, -0.05) is 31.5 Å². The first kappa shape index (κ1) is 21.6. The second-order valence-electron chi connectivity index (χ2n) is 9.10. The van der Waals surface area contributed by atoms with Gasteiger partial charge in [-0.25, -0.2) is 0 Å². The summed E-state index contributed by atoms with van der Waals surface area (Å²) in [5.41, 5.74) is 2.43. The van der Waals surface area contributed by atoms with Gasteiger partial charge in [-0.2, -0.15) is 4.98 Å². The Labute approximate surface area is 184 Å². The average Bonchev–Trinajstić information content (AvgIpc) is 3.40. The van der Waals surface area contributed by atoms with Crippen molar-refractivity contribution in [2.24, 2.45) is 5.92 Å². The van der Waals surface area contributed by atoms with E-state index in [0.717, 1.165) is 37.9 Å². The summed E-state index contributed by atoms with van der Waals surface area (Å²) in [6.45, 7) is 8.33. The van der Waals surface area contributed by atoms with E-state index in [0.29, 0.717) is 30.3 Å². The summed E-state index contributed by atoms with van der Waals surface area (Å²) in [7, 11) is 2.15. The zero-order valence-corrected chi connectivity index (χ0v) is 19.1. The molecule has 1 aliphatic heterocycles. The van der Waals surface area contributed by atoms with Gasteiger partial charge in [0.25, 0.3) is 0 Å². The van der Waals surface area contributed by atoms with Crippen molar-refractivity contribution in [3.63, 3.8) is 0 Å². The van der Waals surface area contributed by atoms with Gasteiger partial charge in [-0.3, -0.25) is 14.8 Å². The number of hydrogen-bond donors (Lipinski definition) is 2. The molecule has 0 bridgehead atoms. The number of carbonyl (C=O) groups is 1. The fourth-order valence-corrected chi connectivity index (χ4v) is 4.74. The summed E-state index contributed by atoms with van der Waals surface area (Å²) in [6.07, 6.45) is 5.52. The van der Waals surface area contributed by atoms with Crippen molar-refractivity contribution in [2.75, 3.05) is 25.0 Å². The number of Topliss-reactive ketones (excluding diaryl/α,β-unsaturated/α-hetero) is 1. The van der Waals surface area contributed by atoms with Crippen LogP contribution in [0, 0.1) is 5.92 Å². The number of fused-ring (bicyclic) bond motifs is 1. The molecule has 3 heterocycles. The van der Waals surface area contributed by atoms with E-state index >= 15 is 0 Å². The molecule has 0 radical (unpaired) electrons. The van der Waals surface area contributed by atoms with Crippen LogP contribution in [-0.4, -0.2) is 63.1 Å². The van der Waals surface area contributed by atoms with Crippen LogP contribution < -0.4 is 4.90 Å². The Morgan fingerprint density at radius 1 is 1.23 bits per heavy atom. The molecule has 1 aliphatic rings. The van der Waals surface area contributed by atoms with Crippen molar-refractivity contribution in [3.8, 4) is 0 Å².